The van der Waals surface area contributed by atoms with Gasteiger partial charge in [0.1, 0.15) is 11.3 Å². The van der Waals surface area contributed by atoms with Crippen LogP contribution in [0.5, 0.6) is 0 Å². The third-order valence-corrected chi connectivity index (χ3v) is 3.91. The Labute approximate surface area is 133 Å². The molecule has 1 amide bonds. The molecule has 0 bridgehead atoms. The zero-order valence-electron chi connectivity index (χ0n) is 11.9. The quantitative estimate of drug-likeness (QED) is 0.515. The first-order valence-corrected chi connectivity index (χ1v) is 7.20. The summed E-state index contributed by atoms with van der Waals surface area (Å²) in [5.74, 6) is -1.30. The van der Waals surface area contributed by atoms with Crippen molar-refractivity contribution in [2.75, 3.05) is 7.05 Å². The number of hydrogen-bond acceptors (Lipinski definition) is 3. The van der Waals surface area contributed by atoms with Gasteiger partial charge >= 0.3 is 0 Å². The van der Waals surface area contributed by atoms with E-state index < -0.39 is 11.9 Å². The Morgan fingerprint density at radius 3 is 2.14 bits per heavy atom. The molecule has 0 aliphatic carbocycles. The third-order valence-electron chi connectivity index (χ3n) is 3.47. The summed E-state index contributed by atoms with van der Waals surface area (Å²) in [6, 6.07) is 3.86. The average molecular weight is 328 g/mol. The first-order chi connectivity index (χ1) is 9.73. The summed E-state index contributed by atoms with van der Waals surface area (Å²) in [4.78, 5) is 26.0. The van der Waals surface area contributed by atoms with Gasteiger partial charge in [-0.2, -0.15) is 0 Å². The van der Waals surface area contributed by atoms with E-state index in [2.05, 4.69) is 0 Å². The van der Waals surface area contributed by atoms with E-state index in [0.29, 0.717) is 10.0 Å². The number of nitrogens with zero attached hydrogens (tertiary/aromatic N) is 1. The van der Waals surface area contributed by atoms with Gasteiger partial charge in [0.15, 0.2) is 5.78 Å². The van der Waals surface area contributed by atoms with E-state index in [1.807, 2.05) is 13.8 Å². The Balaban J connectivity index is 2.57. The number of rotatable bonds is 2. The molecule has 0 radical (unpaired) electrons. The molecule has 1 fully saturated rings. The highest BCUT2D eigenvalue weighted by atomic mass is 35.5. The fraction of sp³-hybridized carbons (Fsp3) is 0.333. The lowest BCUT2D eigenvalue weighted by Gasteiger charge is -2.20. The van der Waals surface area contributed by atoms with Crippen LogP contribution in [-0.4, -0.2) is 34.8 Å². The zero-order valence-corrected chi connectivity index (χ0v) is 13.4. The minimum atomic E-state index is -0.565. The molecule has 0 saturated carbocycles. The molecule has 1 aliphatic rings. The maximum absolute atomic E-state index is 12.4. The molecule has 4 nitrogen and oxygen atoms in total. The summed E-state index contributed by atoms with van der Waals surface area (Å²) < 4.78 is 0. The SMILES string of the molecule is CC(C)C1C(=O)/C(=C(/O)c2cc(Cl)cc(Cl)c2)C(=O)N1C. The molecule has 1 unspecified atom stereocenters. The molecular formula is C15H15Cl2NO3. The van der Waals surface area contributed by atoms with E-state index >= 15 is 0 Å². The average Bonchev–Trinajstić information content (AvgIpc) is 2.58. The van der Waals surface area contributed by atoms with Crippen molar-refractivity contribution >= 4 is 40.7 Å². The molecule has 1 saturated heterocycles. The van der Waals surface area contributed by atoms with Gasteiger partial charge in [0, 0.05) is 22.7 Å². The standard InChI is InChI=1S/C15H15Cl2NO3/c1-7(2)12-14(20)11(15(21)18(12)3)13(19)8-4-9(16)6-10(17)5-8/h4-7,12,19H,1-3H3/b13-11-. The molecule has 1 N–H and O–H groups in total. The number of amides is 1. The molecule has 1 aliphatic heterocycles. The Hall–Kier alpha value is -1.52. The normalized spacial score (nSPS) is 21.4. The van der Waals surface area contributed by atoms with Crippen LogP contribution >= 0.6 is 23.2 Å². The zero-order chi connectivity index (χ0) is 15.9. The lowest BCUT2D eigenvalue weighted by atomic mass is 9.97. The molecular weight excluding hydrogens is 313 g/mol. The number of ketones is 1. The maximum Gasteiger partial charge on any atom is 0.261 e. The van der Waals surface area contributed by atoms with Gasteiger partial charge in [-0.1, -0.05) is 37.0 Å². The van der Waals surface area contributed by atoms with Crippen molar-refractivity contribution in [1.29, 1.82) is 0 Å². The first kappa shape index (κ1) is 15.9. The lowest BCUT2D eigenvalue weighted by Crippen LogP contribution is -2.36. The molecule has 21 heavy (non-hydrogen) atoms. The van der Waals surface area contributed by atoms with E-state index in [-0.39, 0.29) is 28.6 Å². The van der Waals surface area contributed by atoms with Crippen molar-refractivity contribution in [2.24, 2.45) is 5.92 Å². The van der Waals surface area contributed by atoms with Crippen LogP contribution in [0.3, 0.4) is 0 Å². The molecule has 2 rings (SSSR count). The number of halogens is 2. The summed E-state index contributed by atoms with van der Waals surface area (Å²) in [7, 11) is 1.55. The van der Waals surface area contributed by atoms with Gasteiger partial charge in [-0.15, -0.1) is 0 Å². The molecule has 1 heterocycles. The first-order valence-electron chi connectivity index (χ1n) is 6.45. The van der Waals surface area contributed by atoms with Crippen LogP contribution in [0.2, 0.25) is 10.0 Å². The lowest BCUT2D eigenvalue weighted by molar-refractivity contribution is -0.126. The third kappa shape index (κ3) is 2.78. The van der Waals surface area contributed by atoms with E-state index in [4.69, 9.17) is 23.2 Å². The van der Waals surface area contributed by atoms with Gasteiger partial charge in [-0.25, -0.2) is 0 Å². The second-order valence-corrected chi connectivity index (χ2v) is 6.22. The van der Waals surface area contributed by atoms with Crippen molar-refractivity contribution < 1.29 is 14.7 Å². The highest BCUT2D eigenvalue weighted by Gasteiger charge is 2.44. The Morgan fingerprint density at radius 1 is 1.19 bits per heavy atom. The molecule has 1 atom stereocenters. The fourth-order valence-electron chi connectivity index (χ4n) is 2.53. The van der Waals surface area contributed by atoms with Gasteiger partial charge in [-0.05, 0) is 24.1 Å². The highest BCUT2D eigenvalue weighted by molar-refractivity contribution is 6.35. The van der Waals surface area contributed by atoms with Gasteiger partial charge in [0.25, 0.3) is 5.91 Å². The van der Waals surface area contributed by atoms with Gasteiger partial charge < -0.3 is 10.0 Å². The largest absolute Gasteiger partial charge is 0.506 e. The van der Waals surface area contributed by atoms with Crippen LogP contribution < -0.4 is 0 Å². The predicted molar refractivity (Wildman–Crippen MR) is 82.4 cm³/mol. The topological polar surface area (TPSA) is 57.6 Å². The van der Waals surface area contributed by atoms with Crippen LogP contribution in [-0.2, 0) is 9.59 Å². The summed E-state index contributed by atoms with van der Waals surface area (Å²) in [6.45, 7) is 3.70. The van der Waals surface area contributed by atoms with E-state index in [1.54, 1.807) is 7.05 Å². The van der Waals surface area contributed by atoms with Gasteiger partial charge in [-0.3, -0.25) is 9.59 Å². The second kappa shape index (κ2) is 5.70. The van der Waals surface area contributed by atoms with Crippen LogP contribution in [0.4, 0.5) is 0 Å². The number of carbonyl (C=O) groups excluding carboxylic acids is 2. The smallest absolute Gasteiger partial charge is 0.261 e. The van der Waals surface area contributed by atoms with Crippen LogP contribution in [0.15, 0.2) is 23.8 Å². The molecule has 112 valence electrons. The van der Waals surface area contributed by atoms with Crippen molar-refractivity contribution in [1.82, 2.24) is 4.90 Å². The highest BCUT2D eigenvalue weighted by Crippen LogP contribution is 2.31. The van der Waals surface area contributed by atoms with Crippen LogP contribution in [0.25, 0.3) is 5.76 Å². The Bertz CT molecular complexity index is 632. The van der Waals surface area contributed by atoms with Crippen molar-refractivity contribution in [3.8, 4) is 0 Å². The number of likely N-dealkylation sites (tertiary alicyclic amines) is 1. The summed E-state index contributed by atoms with van der Waals surface area (Å²) >= 11 is 11.8. The summed E-state index contributed by atoms with van der Waals surface area (Å²) in [5.41, 5.74) is 0.0385. The summed E-state index contributed by atoms with van der Waals surface area (Å²) in [6.07, 6.45) is 0. The number of likely N-dealkylation sites (N-methyl/N-ethyl adjacent to an activating group) is 1. The van der Waals surface area contributed by atoms with E-state index in [9.17, 15) is 14.7 Å². The van der Waals surface area contributed by atoms with E-state index in [1.165, 1.54) is 23.1 Å². The number of carbonyl (C=O) groups is 2. The number of hydrogen-bond donors (Lipinski definition) is 1. The van der Waals surface area contributed by atoms with Gasteiger partial charge in [0.2, 0.25) is 0 Å². The number of aliphatic hydroxyl groups excluding tert-OH is 1. The number of aliphatic hydroxyl groups is 1. The van der Waals surface area contributed by atoms with E-state index in [0.717, 1.165) is 0 Å². The molecule has 0 spiro atoms. The van der Waals surface area contributed by atoms with Crippen LogP contribution in [0.1, 0.15) is 19.4 Å². The molecule has 1 aromatic carbocycles. The minimum absolute atomic E-state index is 0.0419. The monoisotopic (exact) mass is 327 g/mol. The van der Waals surface area contributed by atoms with Gasteiger partial charge in [0.05, 0.1) is 6.04 Å². The fourth-order valence-corrected chi connectivity index (χ4v) is 3.06. The Morgan fingerprint density at radius 2 is 1.71 bits per heavy atom. The maximum atomic E-state index is 12.4. The summed E-state index contributed by atoms with van der Waals surface area (Å²) in [5, 5.41) is 11.0. The predicted octanol–water partition coefficient (Wildman–Crippen LogP) is 3.33. The molecule has 0 aromatic heterocycles. The van der Waals surface area contributed by atoms with Crippen molar-refractivity contribution in [3.63, 3.8) is 0 Å². The van der Waals surface area contributed by atoms with Crippen LogP contribution in [0, 0.1) is 5.92 Å². The Kier molecular flexibility index (Phi) is 4.30. The molecule has 1 aromatic rings. The number of benzene rings is 1. The second-order valence-electron chi connectivity index (χ2n) is 5.35. The minimum Gasteiger partial charge on any atom is -0.506 e. The van der Waals surface area contributed by atoms with Crippen molar-refractivity contribution in [2.45, 2.75) is 19.9 Å². The number of Topliss-reactive ketones (excluding diaryl/α,β-unsaturated/α-hetero) is 1. The van der Waals surface area contributed by atoms with Crippen molar-refractivity contribution in [3.05, 3.63) is 39.4 Å². The molecule has 6 heteroatoms.